The molecule has 1 saturated heterocycles. The minimum Gasteiger partial charge on any atom is -0.489 e. The maximum Gasteiger partial charge on any atom is 0.273 e. The van der Waals surface area contributed by atoms with E-state index in [1.807, 2.05) is 24.3 Å². The molecule has 0 bridgehead atoms. The Morgan fingerprint density at radius 2 is 1.76 bits per heavy atom. The van der Waals surface area contributed by atoms with Crippen LogP contribution in [0.15, 0.2) is 60.8 Å². The molecule has 0 saturated carbocycles. The van der Waals surface area contributed by atoms with Crippen molar-refractivity contribution in [1.82, 2.24) is 10.4 Å². The highest BCUT2D eigenvalue weighted by molar-refractivity contribution is 6.10. The third-order valence-electron chi connectivity index (χ3n) is 6.78. The zero-order chi connectivity index (χ0) is 25.5. The third-order valence-corrected chi connectivity index (χ3v) is 6.78. The zero-order valence-corrected chi connectivity index (χ0v) is 19.8. The molecule has 0 aliphatic carbocycles. The highest BCUT2D eigenvalue weighted by atomic mass is 19.2. The number of halogens is 3. The number of rotatable bonds is 4. The van der Waals surface area contributed by atoms with E-state index >= 15 is 0 Å². The number of carbonyl (C=O) groups excluding carboxylic acids is 1. The second-order valence-corrected chi connectivity index (χ2v) is 9.07. The van der Waals surface area contributed by atoms with Gasteiger partial charge in [-0.3, -0.25) is 20.2 Å². The quantitative estimate of drug-likeness (QED) is 0.374. The van der Waals surface area contributed by atoms with Gasteiger partial charge in [0.15, 0.2) is 11.6 Å². The summed E-state index contributed by atoms with van der Waals surface area (Å²) in [7, 11) is 0. The molecule has 0 unspecified atom stereocenters. The molecule has 9 heteroatoms. The van der Waals surface area contributed by atoms with Crippen LogP contribution < -0.4 is 20.1 Å². The van der Waals surface area contributed by atoms with Gasteiger partial charge in [0, 0.05) is 41.9 Å². The second kappa shape index (κ2) is 9.31. The number of carbonyl (C=O) groups is 1. The Bertz CT molecular complexity index is 1520. The summed E-state index contributed by atoms with van der Waals surface area (Å²) in [5.41, 5.74) is 5.16. The van der Waals surface area contributed by atoms with Gasteiger partial charge in [0.25, 0.3) is 5.91 Å². The molecule has 6 nitrogen and oxygen atoms in total. The number of nitrogens with zero attached hydrogens (tertiary/aromatic N) is 3. The van der Waals surface area contributed by atoms with Crippen LogP contribution in [0.5, 0.6) is 5.75 Å². The first-order valence-electron chi connectivity index (χ1n) is 12.1. The van der Waals surface area contributed by atoms with Crippen molar-refractivity contribution in [3.63, 3.8) is 0 Å². The van der Waals surface area contributed by atoms with Crippen LogP contribution in [0.3, 0.4) is 0 Å². The number of amides is 1. The van der Waals surface area contributed by atoms with Gasteiger partial charge >= 0.3 is 0 Å². The summed E-state index contributed by atoms with van der Waals surface area (Å²) >= 11 is 0. The summed E-state index contributed by atoms with van der Waals surface area (Å²) in [4.78, 5) is 20.2. The van der Waals surface area contributed by atoms with Crippen molar-refractivity contribution in [2.75, 3.05) is 36.1 Å². The monoisotopic (exact) mass is 504 g/mol. The predicted molar refractivity (Wildman–Crippen MR) is 135 cm³/mol. The van der Waals surface area contributed by atoms with Crippen LogP contribution in [0, 0.1) is 17.5 Å². The molecule has 1 N–H and O–H groups in total. The molecule has 3 aromatic carbocycles. The minimum atomic E-state index is -1.27. The summed E-state index contributed by atoms with van der Waals surface area (Å²) in [6.07, 6.45) is 3.38. The Morgan fingerprint density at radius 1 is 0.946 bits per heavy atom. The SMILES string of the molecule is O=C(NN1CCOc2ccccc21)c1cnc2c(-c3cc(F)cc(F)c3F)cccc2c1N1CCCC1. The third kappa shape index (κ3) is 4.10. The molecular formula is C28H23F3N4O2. The van der Waals surface area contributed by atoms with Crippen LogP contribution in [-0.4, -0.2) is 37.1 Å². The molecule has 2 aliphatic rings. The predicted octanol–water partition coefficient (Wildman–Crippen LogP) is 5.46. The average Bonchev–Trinajstić information content (AvgIpc) is 3.44. The zero-order valence-electron chi connectivity index (χ0n) is 19.8. The Labute approximate surface area is 211 Å². The lowest BCUT2D eigenvalue weighted by molar-refractivity contribution is 0.0945. The number of para-hydroxylation sites is 3. The Morgan fingerprint density at radius 3 is 2.59 bits per heavy atom. The van der Waals surface area contributed by atoms with E-state index in [1.165, 1.54) is 6.20 Å². The van der Waals surface area contributed by atoms with E-state index in [-0.39, 0.29) is 17.0 Å². The van der Waals surface area contributed by atoms with Gasteiger partial charge in [-0.15, -0.1) is 0 Å². The van der Waals surface area contributed by atoms with E-state index in [2.05, 4.69) is 15.3 Å². The van der Waals surface area contributed by atoms with Crippen LogP contribution in [0.1, 0.15) is 23.2 Å². The number of hydrazine groups is 1. The number of fused-ring (bicyclic) bond motifs is 2. The molecule has 0 atom stereocenters. The van der Waals surface area contributed by atoms with E-state index in [1.54, 1.807) is 23.2 Å². The standard InChI is InChI=1S/C28H23F3N4O2/c29-17-14-20(25(31)22(30)15-17)18-6-5-7-19-26(18)32-16-21(27(19)34-10-3-4-11-34)28(36)33-35-12-13-37-24-9-2-1-8-23(24)35/h1-2,5-9,14-16H,3-4,10-13H2,(H,33,36). The lowest BCUT2D eigenvalue weighted by atomic mass is 9.98. The van der Waals surface area contributed by atoms with Crippen LogP contribution in [-0.2, 0) is 0 Å². The van der Waals surface area contributed by atoms with Crippen molar-refractivity contribution < 1.29 is 22.7 Å². The molecule has 3 heterocycles. The van der Waals surface area contributed by atoms with Crippen molar-refractivity contribution >= 4 is 28.2 Å². The van der Waals surface area contributed by atoms with E-state index < -0.39 is 17.5 Å². The Kier molecular flexibility index (Phi) is 5.82. The number of aromatic nitrogens is 1. The van der Waals surface area contributed by atoms with E-state index in [9.17, 15) is 18.0 Å². The topological polar surface area (TPSA) is 57.7 Å². The molecule has 1 amide bonds. The summed E-state index contributed by atoms with van der Waals surface area (Å²) in [6, 6.07) is 14.0. The molecule has 6 rings (SSSR count). The molecular weight excluding hydrogens is 481 g/mol. The Hall–Kier alpha value is -4.27. The average molecular weight is 505 g/mol. The van der Waals surface area contributed by atoms with Crippen molar-refractivity contribution in [2.45, 2.75) is 12.8 Å². The van der Waals surface area contributed by atoms with E-state index in [0.717, 1.165) is 37.7 Å². The van der Waals surface area contributed by atoms with Crippen molar-refractivity contribution in [3.05, 3.63) is 83.8 Å². The van der Waals surface area contributed by atoms with Crippen LogP contribution in [0.25, 0.3) is 22.0 Å². The van der Waals surface area contributed by atoms with Gasteiger partial charge in [-0.25, -0.2) is 13.2 Å². The van der Waals surface area contributed by atoms with Crippen LogP contribution in [0.2, 0.25) is 0 Å². The fourth-order valence-corrected chi connectivity index (χ4v) is 5.09. The largest absolute Gasteiger partial charge is 0.489 e. The van der Waals surface area contributed by atoms with Gasteiger partial charge in [-0.1, -0.05) is 30.3 Å². The normalized spacial score (nSPS) is 15.0. The van der Waals surface area contributed by atoms with Crippen molar-refractivity contribution in [3.8, 4) is 16.9 Å². The number of hydrogen-bond donors (Lipinski definition) is 1. The molecule has 0 spiro atoms. The number of anilines is 2. The maximum atomic E-state index is 14.7. The van der Waals surface area contributed by atoms with Gasteiger partial charge in [0.05, 0.1) is 29.0 Å². The van der Waals surface area contributed by atoms with Crippen molar-refractivity contribution in [1.29, 1.82) is 0 Å². The van der Waals surface area contributed by atoms with Gasteiger partial charge in [-0.05, 0) is 31.0 Å². The summed E-state index contributed by atoms with van der Waals surface area (Å²) in [5, 5.41) is 2.36. The molecule has 1 aromatic heterocycles. The number of nitrogens with one attached hydrogen (secondary N) is 1. The first kappa shape index (κ1) is 23.1. The van der Waals surface area contributed by atoms with Gasteiger partial charge < -0.3 is 9.64 Å². The van der Waals surface area contributed by atoms with Gasteiger partial charge in [0.1, 0.15) is 18.2 Å². The van der Waals surface area contributed by atoms with Crippen molar-refractivity contribution in [2.24, 2.45) is 0 Å². The molecule has 1 fully saturated rings. The molecule has 188 valence electrons. The number of hydrogen-bond acceptors (Lipinski definition) is 5. The molecule has 4 aromatic rings. The summed E-state index contributed by atoms with van der Waals surface area (Å²) in [6.45, 7) is 2.38. The lowest BCUT2D eigenvalue weighted by Gasteiger charge is -2.32. The highest BCUT2D eigenvalue weighted by Gasteiger charge is 2.27. The smallest absolute Gasteiger partial charge is 0.273 e. The van der Waals surface area contributed by atoms with Gasteiger partial charge in [0.2, 0.25) is 0 Å². The first-order chi connectivity index (χ1) is 18.0. The lowest BCUT2D eigenvalue weighted by Crippen LogP contribution is -2.47. The molecule has 0 radical (unpaired) electrons. The fraction of sp³-hybridized carbons (Fsp3) is 0.214. The Balaban J connectivity index is 1.47. The second-order valence-electron chi connectivity index (χ2n) is 9.07. The number of pyridine rings is 1. The molecule has 2 aliphatic heterocycles. The highest BCUT2D eigenvalue weighted by Crippen LogP contribution is 2.38. The first-order valence-corrected chi connectivity index (χ1v) is 12.1. The van der Waals surface area contributed by atoms with Crippen LogP contribution >= 0.6 is 0 Å². The number of benzene rings is 3. The van der Waals surface area contributed by atoms with E-state index in [0.29, 0.717) is 47.1 Å². The maximum absolute atomic E-state index is 14.7. The van der Waals surface area contributed by atoms with Crippen LogP contribution in [0.4, 0.5) is 24.5 Å². The minimum absolute atomic E-state index is 0.218. The molecule has 37 heavy (non-hydrogen) atoms. The number of ether oxygens (including phenoxy) is 1. The summed E-state index contributed by atoms with van der Waals surface area (Å²) in [5.74, 6) is -2.96. The summed E-state index contributed by atoms with van der Waals surface area (Å²) < 4.78 is 48.5. The fourth-order valence-electron chi connectivity index (χ4n) is 5.09. The van der Waals surface area contributed by atoms with E-state index in [4.69, 9.17) is 4.74 Å². The van der Waals surface area contributed by atoms with Gasteiger partial charge in [-0.2, -0.15) is 0 Å².